The second-order valence-electron chi connectivity index (χ2n) is 6.03. The molecule has 0 unspecified atom stereocenters. The molecule has 1 heterocycles. The van der Waals surface area contributed by atoms with Crippen LogP contribution in [0.5, 0.6) is 5.75 Å². The number of pyridine rings is 1. The van der Waals surface area contributed by atoms with E-state index in [2.05, 4.69) is 0 Å². The van der Waals surface area contributed by atoms with Crippen LogP contribution in [0.4, 0.5) is 0 Å². The molecule has 0 radical (unpaired) electrons. The Hall–Kier alpha value is -3.61. The summed E-state index contributed by atoms with van der Waals surface area (Å²) in [6.45, 7) is 0.269. The quantitative estimate of drug-likeness (QED) is 0.632. The number of esters is 2. The normalized spacial score (nSPS) is 10.5. The van der Waals surface area contributed by atoms with Crippen molar-refractivity contribution in [3.63, 3.8) is 0 Å². The first-order chi connectivity index (χ1) is 13.5. The molecule has 0 aliphatic carbocycles. The molecule has 2 aromatic carbocycles. The van der Waals surface area contributed by atoms with Crippen molar-refractivity contribution in [1.29, 1.82) is 0 Å². The highest BCUT2D eigenvalue weighted by molar-refractivity contribution is 6.07. The monoisotopic (exact) mass is 381 g/mol. The van der Waals surface area contributed by atoms with Crippen molar-refractivity contribution in [1.82, 2.24) is 4.57 Å². The number of benzene rings is 2. The standard InChI is InChI=1S/C21H19NO6/c1-26-18-10-14-9-15(20(24)27-2)16(21(25)28-3)11-17(14)22(19(18)23)12-13-7-5-4-6-8-13/h4-11H,12H2,1-3H3. The van der Waals surface area contributed by atoms with E-state index in [0.717, 1.165) is 5.56 Å². The largest absolute Gasteiger partial charge is 0.491 e. The van der Waals surface area contributed by atoms with Gasteiger partial charge in [-0.1, -0.05) is 30.3 Å². The summed E-state index contributed by atoms with van der Waals surface area (Å²) in [5.41, 5.74) is 1.10. The van der Waals surface area contributed by atoms with Crippen LogP contribution in [0.1, 0.15) is 26.3 Å². The van der Waals surface area contributed by atoms with Gasteiger partial charge in [0.2, 0.25) is 0 Å². The predicted molar refractivity (Wildman–Crippen MR) is 103 cm³/mol. The van der Waals surface area contributed by atoms with Crippen molar-refractivity contribution >= 4 is 22.8 Å². The number of hydrogen-bond acceptors (Lipinski definition) is 6. The van der Waals surface area contributed by atoms with Crippen LogP contribution < -0.4 is 10.3 Å². The third-order valence-electron chi connectivity index (χ3n) is 4.41. The zero-order chi connectivity index (χ0) is 20.3. The molecule has 0 spiro atoms. The SMILES string of the molecule is COC(=O)c1cc2cc(OC)c(=O)n(Cc3ccccc3)c2cc1C(=O)OC. The molecule has 144 valence electrons. The average Bonchev–Trinajstić information content (AvgIpc) is 2.74. The Kier molecular flexibility index (Phi) is 5.44. The molecule has 3 rings (SSSR count). The van der Waals surface area contributed by atoms with Crippen LogP contribution in [0.25, 0.3) is 10.9 Å². The first kappa shape index (κ1) is 19.2. The van der Waals surface area contributed by atoms with Gasteiger partial charge >= 0.3 is 11.9 Å². The summed E-state index contributed by atoms with van der Waals surface area (Å²) in [6, 6.07) is 13.9. The predicted octanol–water partition coefficient (Wildman–Crippen LogP) is 2.63. The van der Waals surface area contributed by atoms with Crippen molar-refractivity contribution in [2.24, 2.45) is 0 Å². The van der Waals surface area contributed by atoms with Gasteiger partial charge in [-0.2, -0.15) is 0 Å². The molecular weight excluding hydrogens is 362 g/mol. The molecule has 1 aromatic heterocycles. The highest BCUT2D eigenvalue weighted by Crippen LogP contribution is 2.24. The molecule has 0 atom stereocenters. The number of hydrogen-bond donors (Lipinski definition) is 0. The Morgan fingerprint density at radius 2 is 1.50 bits per heavy atom. The number of carbonyl (C=O) groups excluding carboxylic acids is 2. The molecule has 28 heavy (non-hydrogen) atoms. The van der Waals surface area contributed by atoms with E-state index in [1.807, 2.05) is 30.3 Å². The van der Waals surface area contributed by atoms with E-state index >= 15 is 0 Å². The molecule has 0 bridgehead atoms. The number of carbonyl (C=O) groups is 2. The van der Waals surface area contributed by atoms with Gasteiger partial charge in [0.15, 0.2) is 5.75 Å². The molecule has 0 aliphatic heterocycles. The smallest absolute Gasteiger partial charge is 0.338 e. The number of aromatic nitrogens is 1. The highest BCUT2D eigenvalue weighted by atomic mass is 16.5. The Morgan fingerprint density at radius 1 is 0.893 bits per heavy atom. The minimum Gasteiger partial charge on any atom is -0.491 e. The van der Waals surface area contributed by atoms with E-state index in [9.17, 15) is 14.4 Å². The summed E-state index contributed by atoms with van der Waals surface area (Å²) in [5.74, 6) is -1.25. The van der Waals surface area contributed by atoms with E-state index in [1.165, 1.54) is 44.1 Å². The van der Waals surface area contributed by atoms with Gasteiger partial charge in [-0.25, -0.2) is 9.59 Å². The zero-order valence-electron chi connectivity index (χ0n) is 15.7. The number of ether oxygens (including phenoxy) is 3. The van der Waals surface area contributed by atoms with Gasteiger partial charge in [0.25, 0.3) is 5.56 Å². The van der Waals surface area contributed by atoms with Crippen molar-refractivity contribution in [2.75, 3.05) is 21.3 Å². The molecule has 0 saturated carbocycles. The summed E-state index contributed by atoms with van der Waals surface area (Å²) in [5, 5.41) is 0.556. The van der Waals surface area contributed by atoms with Crippen molar-refractivity contribution in [3.05, 3.63) is 75.6 Å². The van der Waals surface area contributed by atoms with Gasteiger partial charge in [-0.15, -0.1) is 0 Å². The average molecular weight is 381 g/mol. The Morgan fingerprint density at radius 3 is 2.07 bits per heavy atom. The third kappa shape index (κ3) is 3.46. The van der Waals surface area contributed by atoms with Crippen LogP contribution in [0.2, 0.25) is 0 Å². The van der Waals surface area contributed by atoms with Crippen molar-refractivity contribution in [3.8, 4) is 5.75 Å². The summed E-state index contributed by atoms with van der Waals surface area (Å²) in [4.78, 5) is 37.3. The van der Waals surface area contributed by atoms with Crippen LogP contribution in [-0.2, 0) is 16.0 Å². The van der Waals surface area contributed by atoms with Gasteiger partial charge in [-0.3, -0.25) is 4.79 Å². The van der Waals surface area contributed by atoms with Crippen LogP contribution in [-0.4, -0.2) is 37.8 Å². The molecule has 0 N–H and O–H groups in total. The molecule has 0 fully saturated rings. The summed E-state index contributed by atoms with van der Waals surface area (Å²) in [6.07, 6.45) is 0. The summed E-state index contributed by atoms with van der Waals surface area (Å²) < 4.78 is 16.3. The number of methoxy groups -OCH3 is 3. The lowest BCUT2D eigenvalue weighted by molar-refractivity contribution is 0.0555. The molecule has 7 nitrogen and oxygen atoms in total. The van der Waals surface area contributed by atoms with E-state index in [4.69, 9.17) is 14.2 Å². The van der Waals surface area contributed by atoms with E-state index in [0.29, 0.717) is 10.9 Å². The van der Waals surface area contributed by atoms with Gasteiger partial charge in [0.1, 0.15) is 0 Å². The molecule has 7 heteroatoms. The Labute approximate surface area is 161 Å². The fourth-order valence-corrected chi connectivity index (χ4v) is 3.03. The molecular formula is C21H19NO6. The van der Waals surface area contributed by atoms with Gasteiger partial charge in [0.05, 0.1) is 44.5 Å². The first-order valence-corrected chi connectivity index (χ1v) is 8.46. The topological polar surface area (TPSA) is 83.8 Å². The summed E-state index contributed by atoms with van der Waals surface area (Å²) >= 11 is 0. The Bertz CT molecular complexity index is 1100. The molecule has 0 aliphatic rings. The van der Waals surface area contributed by atoms with E-state index in [1.54, 1.807) is 0 Å². The minimum absolute atomic E-state index is 0.0215. The van der Waals surface area contributed by atoms with Gasteiger partial charge in [-0.05, 0) is 23.8 Å². The van der Waals surface area contributed by atoms with Crippen molar-refractivity contribution < 1.29 is 23.8 Å². The fourth-order valence-electron chi connectivity index (χ4n) is 3.03. The fraction of sp³-hybridized carbons (Fsp3) is 0.190. The lowest BCUT2D eigenvalue weighted by Crippen LogP contribution is -2.23. The van der Waals surface area contributed by atoms with E-state index < -0.39 is 11.9 Å². The lowest BCUT2D eigenvalue weighted by atomic mass is 10.0. The molecule has 3 aromatic rings. The van der Waals surface area contributed by atoms with Gasteiger partial charge < -0.3 is 18.8 Å². The summed E-state index contributed by atoms with van der Waals surface area (Å²) in [7, 11) is 3.85. The van der Waals surface area contributed by atoms with Gasteiger partial charge in [0, 0.05) is 5.39 Å². The highest BCUT2D eigenvalue weighted by Gasteiger charge is 2.22. The first-order valence-electron chi connectivity index (χ1n) is 8.46. The molecule has 0 saturated heterocycles. The van der Waals surface area contributed by atoms with Crippen LogP contribution >= 0.6 is 0 Å². The van der Waals surface area contributed by atoms with Crippen LogP contribution in [0.15, 0.2) is 53.3 Å². The third-order valence-corrected chi connectivity index (χ3v) is 4.41. The number of rotatable bonds is 5. The lowest BCUT2D eigenvalue weighted by Gasteiger charge is -2.15. The van der Waals surface area contributed by atoms with Crippen LogP contribution in [0.3, 0.4) is 0 Å². The number of fused-ring (bicyclic) bond motifs is 1. The second kappa shape index (κ2) is 7.96. The van der Waals surface area contributed by atoms with E-state index in [-0.39, 0.29) is 29.0 Å². The maximum Gasteiger partial charge on any atom is 0.338 e. The maximum absolute atomic E-state index is 12.9. The zero-order valence-corrected chi connectivity index (χ0v) is 15.7. The Balaban J connectivity index is 2.34. The number of nitrogens with zero attached hydrogens (tertiary/aromatic N) is 1. The van der Waals surface area contributed by atoms with Crippen molar-refractivity contribution in [2.45, 2.75) is 6.54 Å². The second-order valence-corrected chi connectivity index (χ2v) is 6.03. The molecule has 0 amide bonds. The maximum atomic E-state index is 12.9. The van der Waals surface area contributed by atoms with Crippen LogP contribution in [0, 0.1) is 0 Å². The minimum atomic E-state index is -0.697.